The lowest BCUT2D eigenvalue weighted by Gasteiger charge is -2.15. The highest BCUT2D eigenvalue weighted by Crippen LogP contribution is 2.27. The van der Waals surface area contributed by atoms with E-state index in [2.05, 4.69) is 40.6 Å². The number of carbonyl (C=O) groups is 2. The van der Waals surface area contributed by atoms with Gasteiger partial charge >= 0.3 is 5.97 Å². The van der Waals surface area contributed by atoms with Gasteiger partial charge in [-0.15, -0.1) is 0 Å². The van der Waals surface area contributed by atoms with Crippen LogP contribution >= 0.6 is 0 Å². The average Bonchev–Trinajstić information content (AvgIpc) is 3.05. The Labute approximate surface area is 163 Å². The maximum absolute atomic E-state index is 12.1. The molecule has 0 aliphatic heterocycles. The van der Waals surface area contributed by atoms with Crippen LogP contribution in [0, 0.1) is 11.8 Å². The molecule has 0 N–H and O–H groups in total. The number of benzene rings is 1. The molecule has 146 valence electrons. The van der Waals surface area contributed by atoms with E-state index < -0.39 is 5.97 Å². The van der Waals surface area contributed by atoms with E-state index in [-0.39, 0.29) is 11.6 Å². The number of carbonyl (C=O) groups excluding carboxylic acids is 2. The van der Waals surface area contributed by atoms with Crippen molar-refractivity contribution in [3.05, 3.63) is 42.1 Å². The second-order valence-electron chi connectivity index (χ2n) is 7.33. The van der Waals surface area contributed by atoms with Crippen molar-refractivity contribution in [2.24, 2.45) is 11.8 Å². The Balaban J connectivity index is 2.04. The summed E-state index contributed by atoms with van der Waals surface area (Å²) in [5.74, 6) is 0.302. The smallest absolute Gasteiger partial charge is 0.376 e. The van der Waals surface area contributed by atoms with Gasteiger partial charge in [-0.2, -0.15) is 5.10 Å². The molecule has 28 heavy (non-hydrogen) atoms. The summed E-state index contributed by atoms with van der Waals surface area (Å²) in [6.45, 7) is 8.81. The van der Waals surface area contributed by atoms with Crippen molar-refractivity contribution >= 4 is 22.7 Å². The van der Waals surface area contributed by atoms with Gasteiger partial charge in [0.2, 0.25) is 5.82 Å². The number of Topliss-reactive ketones (excluding diaryl/α,β-unsaturated/α-hetero) is 1. The van der Waals surface area contributed by atoms with E-state index in [1.54, 1.807) is 12.4 Å². The molecule has 1 aromatic carbocycles. The molecule has 0 amide bonds. The van der Waals surface area contributed by atoms with Crippen LogP contribution in [0.4, 0.5) is 0 Å². The van der Waals surface area contributed by atoms with Gasteiger partial charge in [-0.25, -0.2) is 14.8 Å². The zero-order valence-corrected chi connectivity index (χ0v) is 16.8. The summed E-state index contributed by atoms with van der Waals surface area (Å²) in [4.78, 5) is 31.7. The Morgan fingerprint density at radius 1 is 1.11 bits per heavy atom. The van der Waals surface area contributed by atoms with Crippen LogP contribution in [0.15, 0.2) is 30.6 Å². The van der Waals surface area contributed by atoms with E-state index in [1.165, 1.54) is 14.0 Å². The number of rotatable bonds is 6. The number of nitrogens with zero attached hydrogens (tertiary/aromatic N) is 4. The highest BCUT2D eigenvalue weighted by atomic mass is 16.5. The quantitative estimate of drug-likeness (QED) is 0.478. The van der Waals surface area contributed by atoms with Crippen molar-refractivity contribution in [3.63, 3.8) is 0 Å². The van der Waals surface area contributed by atoms with Crippen LogP contribution in [-0.4, -0.2) is 38.6 Å². The molecule has 0 bridgehead atoms. The standard InChI is InChI=1S/C21H24N4O3/c1-12(2)13(3)11-25-18-7-6-15(8-17(18)19(24-25)14(4)26)16-9-22-20(23-10-16)21(27)28-5/h6-10,12-13H,11H2,1-5H3. The Bertz CT molecular complexity index is 1020. The van der Waals surface area contributed by atoms with Gasteiger partial charge in [-0.1, -0.05) is 26.8 Å². The molecule has 7 nitrogen and oxygen atoms in total. The van der Waals surface area contributed by atoms with E-state index in [0.717, 1.165) is 28.6 Å². The number of ketones is 1. The normalized spacial score (nSPS) is 12.4. The minimum absolute atomic E-state index is 0.00671. The van der Waals surface area contributed by atoms with Crippen molar-refractivity contribution in [2.45, 2.75) is 34.2 Å². The molecule has 0 fully saturated rings. The number of fused-ring (bicyclic) bond motifs is 1. The molecule has 0 aliphatic carbocycles. The number of esters is 1. The monoisotopic (exact) mass is 380 g/mol. The van der Waals surface area contributed by atoms with Gasteiger partial charge in [0.05, 0.1) is 12.6 Å². The highest BCUT2D eigenvalue weighted by Gasteiger charge is 2.18. The lowest BCUT2D eigenvalue weighted by molar-refractivity contribution is 0.0586. The van der Waals surface area contributed by atoms with Crippen LogP contribution in [-0.2, 0) is 11.3 Å². The number of methoxy groups -OCH3 is 1. The van der Waals surface area contributed by atoms with Crippen LogP contribution in [0.1, 0.15) is 48.8 Å². The topological polar surface area (TPSA) is 87.0 Å². The fourth-order valence-corrected chi connectivity index (χ4v) is 2.92. The minimum Gasteiger partial charge on any atom is -0.463 e. The van der Waals surface area contributed by atoms with E-state index in [1.807, 2.05) is 22.9 Å². The molecule has 1 unspecified atom stereocenters. The summed E-state index contributed by atoms with van der Waals surface area (Å²) in [5, 5.41) is 5.37. The summed E-state index contributed by atoms with van der Waals surface area (Å²) in [6.07, 6.45) is 3.14. The molecule has 0 radical (unpaired) electrons. The third kappa shape index (κ3) is 3.78. The number of hydrogen-bond acceptors (Lipinski definition) is 6. The number of hydrogen-bond donors (Lipinski definition) is 0. The fourth-order valence-electron chi connectivity index (χ4n) is 2.92. The minimum atomic E-state index is -0.582. The third-order valence-corrected chi connectivity index (χ3v) is 5.04. The van der Waals surface area contributed by atoms with Crippen molar-refractivity contribution < 1.29 is 14.3 Å². The van der Waals surface area contributed by atoms with Crippen molar-refractivity contribution in [2.75, 3.05) is 7.11 Å². The van der Waals surface area contributed by atoms with Gasteiger partial charge in [-0.3, -0.25) is 9.48 Å². The van der Waals surface area contributed by atoms with Gasteiger partial charge in [0.25, 0.3) is 0 Å². The van der Waals surface area contributed by atoms with Crippen LogP contribution < -0.4 is 0 Å². The maximum atomic E-state index is 12.1. The molecule has 0 aliphatic rings. The van der Waals surface area contributed by atoms with Crippen LogP contribution in [0.3, 0.4) is 0 Å². The fraction of sp³-hybridized carbons (Fsp3) is 0.381. The molecular formula is C21H24N4O3. The largest absolute Gasteiger partial charge is 0.463 e. The first-order valence-corrected chi connectivity index (χ1v) is 9.24. The summed E-state index contributed by atoms with van der Waals surface area (Å²) >= 11 is 0. The van der Waals surface area contributed by atoms with Crippen molar-refractivity contribution in [1.82, 2.24) is 19.7 Å². The van der Waals surface area contributed by atoms with E-state index in [0.29, 0.717) is 17.5 Å². The van der Waals surface area contributed by atoms with Gasteiger partial charge in [-0.05, 0) is 29.5 Å². The van der Waals surface area contributed by atoms with Crippen molar-refractivity contribution in [3.8, 4) is 11.1 Å². The summed E-state index contributed by atoms with van der Waals surface area (Å²) in [7, 11) is 1.29. The first-order chi connectivity index (χ1) is 13.3. The van der Waals surface area contributed by atoms with E-state index in [9.17, 15) is 9.59 Å². The maximum Gasteiger partial charge on any atom is 0.376 e. The van der Waals surface area contributed by atoms with Gasteiger partial charge in [0.1, 0.15) is 5.69 Å². The molecule has 1 atom stereocenters. The van der Waals surface area contributed by atoms with Gasteiger partial charge < -0.3 is 4.74 Å². The Morgan fingerprint density at radius 3 is 2.36 bits per heavy atom. The van der Waals surface area contributed by atoms with Crippen LogP contribution in [0.25, 0.3) is 22.0 Å². The second-order valence-corrected chi connectivity index (χ2v) is 7.33. The number of ether oxygens (including phenoxy) is 1. The summed E-state index contributed by atoms with van der Waals surface area (Å²) < 4.78 is 6.53. The highest BCUT2D eigenvalue weighted by molar-refractivity contribution is 6.05. The first kappa shape index (κ1) is 19.7. The van der Waals surface area contributed by atoms with Gasteiger partial charge in [0, 0.05) is 36.8 Å². The average molecular weight is 380 g/mol. The molecule has 7 heteroatoms. The molecule has 2 aromatic heterocycles. The first-order valence-electron chi connectivity index (χ1n) is 9.24. The van der Waals surface area contributed by atoms with Gasteiger partial charge in [0.15, 0.2) is 5.78 Å². The molecular weight excluding hydrogens is 356 g/mol. The van der Waals surface area contributed by atoms with Crippen LogP contribution in [0.5, 0.6) is 0 Å². The Morgan fingerprint density at radius 2 is 1.79 bits per heavy atom. The van der Waals surface area contributed by atoms with Crippen molar-refractivity contribution in [1.29, 1.82) is 0 Å². The predicted octanol–water partition coefficient (Wildman–Crippen LogP) is 3.77. The molecule has 2 heterocycles. The predicted molar refractivity (Wildman–Crippen MR) is 106 cm³/mol. The van der Waals surface area contributed by atoms with E-state index in [4.69, 9.17) is 0 Å². The molecule has 0 saturated carbocycles. The lowest BCUT2D eigenvalue weighted by Crippen LogP contribution is -2.14. The third-order valence-electron chi connectivity index (χ3n) is 5.04. The number of aromatic nitrogens is 4. The van der Waals surface area contributed by atoms with Crippen LogP contribution in [0.2, 0.25) is 0 Å². The Kier molecular flexibility index (Phi) is 5.53. The Hall–Kier alpha value is -3.09. The molecule has 0 saturated heterocycles. The molecule has 0 spiro atoms. The lowest BCUT2D eigenvalue weighted by atomic mass is 9.98. The molecule has 3 rings (SSSR count). The SMILES string of the molecule is COC(=O)c1ncc(-c2ccc3c(c2)c(C(C)=O)nn3CC(C)C(C)C)cn1. The molecule has 3 aromatic rings. The zero-order chi connectivity index (χ0) is 20.4. The summed E-state index contributed by atoms with van der Waals surface area (Å²) in [5.41, 5.74) is 2.98. The zero-order valence-electron chi connectivity index (χ0n) is 16.8. The van der Waals surface area contributed by atoms with E-state index >= 15 is 0 Å². The summed E-state index contributed by atoms with van der Waals surface area (Å²) in [6, 6.07) is 5.83. The second kappa shape index (κ2) is 7.88.